The first-order valence-corrected chi connectivity index (χ1v) is 9.70. The number of methoxy groups -OCH3 is 1. The Morgan fingerprint density at radius 3 is 2.23 bits per heavy atom. The summed E-state index contributed by atoms with van der Waals surface area (Å²) in [5.41, 5.74) is 1.65. The largest absolute Gasteiger partial charge is 0.496 e. The van der Waals surface area contributed by atoms with E-state index in [9.17, 15) is 4.79 Å². The van der Waals surface area contributed by atoms with Crippen LogP contribution in [0.5, 0.6) is 5.75 Å². The summed E-state index contributed by atoms with van der Waals surface area (Å²) in [6, 6.07) is 23.6. The van der Waals surface area contributed by atoms with Gasteiger partial charge in [0.2, 0.25) is 5.91 Å². The molecular formula is C21H18BrNO2S. The minimum absolute atomic E-state index is 0.0668. The molecule has 0 aliphatic heterocycles. The van der Waals surface area contributed by atoms with Crippen LogP contribution in [0.4, 0.5) is 5.69 Å². The number of carbonyl (C=O) groups excluding carboxylic acids is 1. The Kier molecular flexibility index (Phi) is 6.36. The third-order valence-corrected chi connectivity index (χ3v) is 5.28. The summed E-state index contributed by atoms with van der Waals surface area (Å²) in [6.45, 7) is 0. The van der Waals surface area contributed by atoms with Gasteiger partial charge in [-0.2, -0.15) is 0 Å². The molecule has 3 nitrogen and oxygen atoms in total. The van der Waals surface area contributed by atoms with E-state index >= 15 is 0 Å². The number of ether oxygens (including phenoxy) is 1. The molecule has 0 fully saturated rings. The van der Waals surface area contributed by atoms with Crippen molar-refractivity contribution in [3.63, 3.8) is 0 Å². The van der Waals surface area contributed by atoms with E-state index in [4.69, 9.17) is 4.74 Å². The maximum Gasteiger partial charge on any atom is 0.228 e. The van der Waals surface area contributed by atoms with E-state index < -0.39 is 0 Å². The molecule has 5 heteroatoms. The van der Waals surface area contributed by atoms with Crippen molar-refractivity contribution in [1.29, 1.82) is 0 Å². The van der Waals surface area contributed by atoms with Gasteiger partial charge in [0.15, 0.2) is 0 Å². The van der Waals surface area contributed by atoms with Gasteiger partial charge in [0.05, 0.1) is 13.5 Å². The van der Waals surface area contributed by atoms with Gasteiger partial charge in [-0.05, 0) is 54.6 Å². The molecule has 1 amide bonds. The minimum Gasteiger partial charge on any atom is -0.496 e. The quantitative estimate of drug-likeness (QED) is 0.540. The minimum atomic E-state index is -0.0668. The van der Waals surface area contributed by atoms with Crippen molar-refractivity contribution in [2.45, 2.75) is 16.2 Å². The van der Waals surface area contributed by atoms with Crippen molar-refractivity contribution in [3.8, 4) is 5.75 Å². The highest BCUT2D eigenvalue weighted by molar-refractivity contribution is 9.10. The van der Waals surface area contributed by atoms with Crippen LogP contribution in [0.1, 0.15) is 5.56 Å². The van der Waals surface area contributed by atoms with Crippen molar-refractivity contribution in [3.05, 3.63) is 82.8 Å². The number of para-hydroxylation sites is 1. The zero-order valence-corrected chi connectivity index (χ0v) is 16.6. The normalized spacial score (nSPS) is 10.4. The lowest BCUT2D eigenvalue weighted by molar-refractivity contribution is -0.115. The highest BCUT2D eigenvalue weighted by Gasteiger charge is 2.08. The van der Waals surface area contributed by atoms with Crippen LogP contribution in [-0.2, 0) is 11.2 Å². The molecule has 0 saturated carbocycles. The Balaban J connectivity index is 1.60. The van der Waals surface area contributed by atoms with Crippen LogP contribution in [0.3, 0.4) is 0 Å². The molecule has 0 atom stereocenters. The second-order valence-electron chi connectivity index (χ2n) is 5.62. The Hall–Kier alpha value is -2.24. The Bertz CT molecular complexity index is 879. The van der Waals surface area contributed by atoms with Crippen molar-refractivity contribution in [2.24, 2.45) is 0 Å². The third-order valence-electron chi connectivity index (χ3n) is 3.73. The van der Waals surface area contributed by atoms with Gasteiger partial charge in [0, 0.05) is 25.5 Å². The van der Waals surface area contributed by atoms with Gasteiger partial charge >= 0.3 is 0 Å². The van der Waals surface area contributed by atoms with Crippen LogP contribution >= 0.6 is 27.7 Å². The number of benzene rings is 3. The van der Waals surface area contributed by atoms with Crippen LogP contribution in [0.15, 0.2) is 87.1 Å². The molecule has 0 heterocycles. The van der Waals surface area contributed by atoms with Gasteiger partial charge < -0.3 is 10.1 Å². The van der Waals surface area contributed by atoms with Gasteiger partial charge in [-0.25, -0.2) is 0 Å². The first-order chi connectivity index (χ1) is 12.6. The fourth-order valence-electron chi connectivity index (χ4n) is 2.47. The zero-order valence-electron chi connectivity index (χ0n) is 14.2. The van der Waals surface area contributed by atoms with Crippen molar-refractivity contribution < 1.29 is 9.53 Å². The summed E-state index contributed by atoms with van der Waals surface area (Å²) in [5, 5.41) is 2.93. The monoisotopic (exact) mass is 427 g/mol. The van der Waals surface area contributed by atoms with Crippen LogP contribution in [0.2, 0.25) is 0 Å². The average Bonchev–Trinajstić information content (AvgIpc) is 2.65. The fourth-order valence-corrected chi connectivity index (χ4v) is 3.55. The number of halogens is 1. The van der Waals surface area contributed by atoms with E-state index in [2.05, 4.69) is 33.4 Å². The van der Waals surface area contributed by atoms with E-state index in [0.717, 1.165) is 26.4 Å². The second kappa shape index (κ2) is 8.92. The smallest absolute Gasteiger partial charge is 0.228 e. The van der Waals surface area contributed by atoms with Crippen molar-refractivity contribution >= 4 is 39.3 Å². The topological polar surface area (TPSA) is 38.3 Å². The van der Waals surface area contributed by atoms with Crippen molar-refractivity contribution in [2.75, 3.05) is 12.4 Å². The number of rotatable bonds is 6. The standard InChI is InChI=1S/C21H18BrNO2S/c1-25-20-5-3-2-4-15(20)14-21(24)23-17-8-12-19(13-9-17)26-18-10-6-16(22)7-11-18/h2-13H,14H2,1H3,(H,23,24). The number of hydrogen-bond acceptors (Lipinski definition) is 3. The van der Waals surface area contributed by atoms with Crippen molar-refractivity contribution in [1.82, 2.24) is 0 Å². The first-order valence-electron chi connectivity index (χ1n) is 8.09. The number of nitrogens with one attached hydrogen (secondary N) is 1. The molecule has 0 bridgehead atoms. The number of anilines is 1. The van der Waals surface area contributed by atoms with Gasteiger partial charge in [-0.15, -0.1) is 0 Å². The summed E-state index contributed by atoms with van der Waals surface area (Å²) in [4.78, 5) is 14.6. The second-order valence-corrected chi connectivity index (χ2v) is 7.68. The van der Waals surface area contributed by atoms with Gasteiger partial charge in [-0.1, -0.05) is 45.9 Å². The SMILES string of the molecule is COc1ccccc1CC(=O)Nc1ccc(Sc2ccc(Br)cc2)cc1. The molecule has 0 radical (unpaired) electrons. The molecule has 0 aromatic heterocycles. The molecule has 26 heavy (non-hydrogen) atoms. The molecule has 0 aliphatic carbocycles. The maximum atomic E-state index is 12.3. The Morgan fingerprint density at radius 1 is 0.962 bits per heavy atom. The molecule has 3 aromatic rings. The number of carbonyl (C=O) groups is 1. The van der Waals surface area contributed by atoms with Crippen LogP contribution in [0.25, 0.3) is 0 Å². The van der Waals surface area contributed by atoms with E-state index in [1.807, 2.05) is 60.7 Å². The Labute approximate surface area is 165 Å². The molecule has 1 N–H and O–H groups in total. The summed E-state index contributed by atoms with van der Waals surface area (Å²) >= 11 is 5.12. The summed E-state index contributed by atoms with van der Waals surface area (Å²) < 4.78 is 6.36. The molecular weight excluding hydrogens is 410 g/mol. The predicted molar refractivity (Wildman–Crippen MR) is 110 cm³/mol. The van der Waals surface area contributed by atoms with E-state index in [0.29, 0.717) is 0 Å². The number of amides is 1. The van der Waals surface area contributed by atoms with Gasteiger partial charge in [0.1, 0.15) is 5.75 Å². The summed E-state index contributed by atoms with van der Waals surface area (Å²) in [5.74, 6) is 0.659. The van der Waals surface area contributed by atoms with E-state index in [-0.39, 0.29) is 12.3 Å². The first kappa shape index (κ1) is 18.5. The predicted octanol–water partition coefficient (Wildman–Crippen LogP) is 5.79. The third kappa shape index (κ3) is 5.13. The molecule has 0 aliphatic rings. The Morgan fingerprint density at radius 2 is 1.58 bits per heavy atom. The van der Waals surface area contributed by atoms with Crippen LogP contribution in [0, 0.1) is 0 Å². The van der Waals surface area contributed by atoms with Crippen LogP contribution < -0.4 is 10.1 Å². The van der Waals surface area contributed by atoms with Gasteiger partial charge in [0.25, 0.3) is 0 Å². The molecule has 132 valence electrons. The lowest BCUT2D eigenvalue weighted by Gasteiger charge is -2.09. The maximum absolute atomic E-state index is 12.3. The summed E-state index contributed by atoms with van der Waals surface area (Å²) in [7, 11) is 1.61. The van der Waals surface area contributed by atoms with E-state index in [1.54, 1.807) is 18.9 Å². The lowest BCUT2D eigenvalue weighted by atomic mass is 10.1. The summed E-state index contributed by atoms with van der Waals surface area (Å²) in [6.07, 6.45) is 0.277. The van der Waals surface area contributed by atoms with Gasteiger partial charge in [-0.3, -0.25) is 4.79 Å². The number of hydrogen-bond donors (Lipinski definition) is 1. The zero-order chi connectivity index (χ0) is 18.4. The molecule has 0 spiro atoms. The molecule has 3 rings (SSSR count). The molecule has 0 saturated heterocycles. The fraction of sp³-hybridized carbons (Fsp3) is 0.0952. The lowest BCUT2D eigenvalue weighted by Crippen LogP contribution is -2.14. The molecule has 0 unspecified atom stereocenters. The van der Waals surface area contributed by atoms with E-state index in [1.165, 1.54) is 4.90 Å². The highest BCUT2D eigenvalue weighted by atomic mass is 79.9. The average molecular weight is 428 g/mol. The van der Waals surface area contributed by atoms with Crippen LogP contribution in [-0.4, -0.2) is 13.0 Å². The molecule has 3 aromatic carbocycles. The highest BCUT2D eigenvalue weighted by Crippen LogP contribution is 2.29.